The summed E-state index contributed by atoms with van der Waals surface area (Å²) in [5, 5.41) is 3.36. The number of fused-ring (bicyclic) bond motifs is 1. The Bertz CT molecular complexity index is 1500. The monoisotopic (exact) mass is 536 g/mol. The summed E-state index contributed by atoms with van der Waals surface area (Å²) in [7, 11) is -2.59. The van der Waals surface area contributed by atoms with E-state index >= 15 is 4.39 Å². The Morgan fingerprint density at radius 3 is 2.42 bits per heavy atom. The molecule has 0 saturated carbocycles. The first kappa shape index (κ1) is 26.0. The average Bonchev–Trinajstić information content (AvgIpc) is 2.81. The number of aryl methyl sites for hydroxylation is 1. The van der Waals surface area contributed by atoms with E-state index in [2.05, 4.69) is 20.3 Å². The van der Waals surface area contributed by atoms with Crippen molar-refractivity contribution in [2.45, 2.75) is 26.1 Å². The number of halogens is 5. The summed E-state index contributed by atoms with van der Waals surface area (Å²) in [6, 6.07) is 8.76. The normalized spacial score (nSPS) is 13.1. The highest BCUT2D eigenvalue weighted by Crippen LogP contribution is 2.38. The van der Waals surface area contributed by atoms with Gasteiger partial charge in [-0.1, -0.05) is 23.7 Å². The second kappa shape index (κ2) is 9.45. The van der Waals surface area contributed by atoms with E-state index in [4.69, 9.17) is 11.6 Å². The average molecular weight is 537 g/mol. The van der Waals surface area contributed by atoms with Crippen LogP contribution in [0, 0.1) is 12.7 Å². The molecule has 0 radical (unpaired) electrons. The Balaban J connectivity index is 1.80. The van der Waals surface area contributed by atoms with Gasteiger partial charge in [-0.3, -0.25) is 4.98 Å². The summed E-state index contributed by atoms with van der Waals surface area (Å²) in [5.41, 5.74) is 1.58. The number of hydrogen-bond donors (Lipinski definition) is 1. The van der Waals surface area contributed by atoms with Gasteiger partial charge in [0.15, 0.2) is 5.82 Å². The molecule has 0 aliphatic heterocycles. The van der Waals surface area contributed by atoms with Crippen molar-refractivity contribution in [3.05, 3.63) is 76.3 Å². The Morgan fingerprint density at radius 2 is 1.81 bits per heavy atom. The number of nitrogens with one attached hydrogen (secondary N) is 1. The molecule has 0 unspecified atom stereocenters. The number of aromatic nitrogens is 3. The molecule has 4 aromatic rings. The first-order chi connectivity index (χ1) is 16.8. The topological polar surface area (TPSA) is 67.8 Å². The maximum Gasteiger partial charge on any atom is 0.416 e. The Labute approximate surface area is 210 Å². The molecule has 0 amide bonds. The highest BCUT2D eigenvalue weighted by Gasteiger charge is 2.31. The molecular formula is C25H22ClF4N4OP. The highest BCUT2D eigenvalue weighted by atomic mass is 35.5. The summed E-state index contributed by atoms with van der Waals surface area (Å²) < 4.78 is 66.9. The number of alkyl halides is 3. The minimum atomic E-state index is -4.48. The molecule has 5 nitrogen and oxygen atoms in total. The maximum absolute atomic E-state index is 15.0. The minimum Gasteiger partial charge on any atom is -0.375 e. The van der Waals surface area contributed by atoms with E-state index in [0.717, 1.165) is 12.1 Å². The number of rotatable bonds is 5. The van der Waals surface area contributed by atoms with Crippen LogP contribution in [-0.4, -0.2) is 28.3 Å². The third-order valence-corrected chi connectivity index (χ3v) is 7.50. The van der Waals surface area contributed by atoms with Crippen LogP contribution < -0.4 is 10.8 Å². The van der Waals surface area contributed by atoms with E-state index in [1.165, 1.54) is 18.3 Å². The number of benzene rings is 1. The van der Waals surface area contributed by atoms with Crippen molar-refractivity contribution in [1.82, 2.24) is 15.0 Å². The number of pyridine rings is 3. The first-order valence-electron chi connectivity index (χ1n) is 10.9. The summed E-state index contributed by atoms with van der Waals surface area (Å²) in [4.78, 5) is 13.0. The smallest absolute Gasteiger partial charge is 0.375 e. The van der Waals surface area contributed by atoms with Crippen molar-refractivity contribution in [1.29, 1.82) is 0 Å². The molecule has 1 atom stereocenters. The van der Waals surface area contributed by atoms with Crippen molar-refractivity contribution in [2.24, 2.45) is 0 Å². The number of nitrogens with zero attached hydrogens (tertiary/aromatic N) is 3. The Kier molecular flexibility index (Phi) is 6.84. The molecule has 11 heteroatoms. The predicted octanol–water partition coefficient (Wildman–Crippen LogP) is 7.23. The fraction of sp³-hybridized carbons (Fsp3) is 0.240. The van der Waals surface area contributed by atoms with Crippen molar-refractivity contribution in [3.63, 3.8) is 0 Å². The van der Waals surface area contributed by atoms with Gasteiger partial charge in [0.05, 0.1) is 32.9 Å². The van der Waals surface area contributed by atoms with Crippen LogP contribution in [0.15, 0.2) is 48.7 Å². The number of anilines is 1. The third kappa shape index (κ3) is 5.22. The molecule has 3 aromatic heterocycles. The van der Waals surface area contributed by atoms with Crippen LogP contribution in [0.4, 0.5) is 23.2 Å². The summed E-state index contributed by atoms with van der Waals surface area (Å²) in [6.45, 7) is 6.51. The largest absolute Gasteiger partial charge is 0.416 e. The van der Waals surface area contributed by atoms with Gasteiger partial charge < -0.3 is 9.88 Å². The fourth-order valence-corrected chi connectivity index (χ4v) is 4.68. The van der Waals surface area contributed by atoms with Gasteiger partial charge in [0.2, 0.25) is 0 Å². The molecule has 3 heterocycles. The molecule has 4 rings (SSSR count). The Hall–Kier alpha value is -3.03. The van der Waals surface area contributed by atoms with Crippen molar-refractivity contribution in [2.75, 3.05) is 18.6 Å². The first-order valence-corrected chi connectivity index (χ1v) is 13.9. The minimum absolute atomic E-state index is 0.0138. The summed E-state index contributed by atoms with van der Waals surface area (Å²) in [5.74, 6) is -0.640. The van der Waals surface area contributed by atoms with Crippen LogP contribution in [0.2, 0.25) is 5.02 Å². The SMILES string of the molecule is Cc1nc2cc(F)c(-c3ccc(P(C)(C)=O)nc3)nc2c(N[C@H](C)c2cccc(C(F)(F)F)c2)c1Cl. The van der Waals surface area contributed by atoms with E-state index in [9.17, 15) is 17.7 Å². The second-order valence-electron chi connectivity index (χ2n) is 8.82. The van der Waals surface area contributed by atoms with Gasteiger partial charge in [0.25, 0.3) is 0 Å². The van der Waals surface area contributed by atoms with Crippen LogP contribution in [-0.2, 0) is 10.7 Å². The molecule has 36 heavy (non-hydrogen) atoms. The molecular weight excluding hydrogens is 515 g/mol. The van der Waals surface area contributed by atoms with E-state index in [1.54, 1.807) is 45.4 Å². The van der Waals surface area contributed by atoms with Gasteiger partial charge in [-0.2, -0.15) is 13.2 Å². The summed E-state index contributed by atoms with van der Waals surface area (Å²) in [6.07, 6.45) is -3.08. The lowest BCUT2D eigenvalue weighted by Crippen LogP contribution is -2.12. The van der Waals surface area contributed by atoms with Gasteiger partial charge in [0.1, 0.15) is 18.4 Å². The van der Waals surface area contributed by atoms with Gasteiger partial charge in [-0.25, -0.2) is 14.4 Å². The number of hydrogen-bond acceptors (Lipinski definition) is 5. The maximum atomic E-state index is 15.0. The lowest BCUT2D eigenvalue weighted by molar-refractivity contribution is -0.137. The van der Waals surface area contributed by atoms with Crippen molar-refractivity contribution in [3.8, 4) is 11.3 Å². The zero-order chi connectivity index (χ0) is 26.4. The summed E-state index contributed by atoms with van der Waals surface area (Å²) >= 11 is 6.53. The molecule has 0 fully saturated rings. The van der Waals surface area contributed by atoms with E-state index in [0.29, 0.717) is 27.9 Å². The van der Waals surface area contributed by atoms with E-state index in [1.807, 2.05) is 0 Å². The quantitative estimate of drug-likeness (QED) is 0.215. The molecule has 188 valence electrons. The molecule has 1 N–H and O–H groups in total. The highest BCUT2D eigenvalue weighted by molar-refractivity contribution is 7.69. The van der Waals surface area contributed by atoms with E-state index < -0.39 is 30.7 Å². The van der Waals surface area contributed by atoms with Crippen LogP contribution >= 0.6 is 18.7 Å². The lowest BCUT2D eigenvalue weighted by atomic mass is 10.0. The van der Waals surface area contributed by atoms with Crippen LogP contribution in [0.1, 0.15) is 29.8 Å². The molecule has 0 saturated heterocycles. The molecule has 0 aliphatic carbocycles. The van der Waals surface area contributed by atoms with Gasteiger partial charge >= 0.3 is 6.18 Å². The van der Waals surface area contributed by atoms with Crippen LogP contribution in [0.25, 0.3) is 22.3 Å². The van der Waals surface area contributed by atoms with Crippen molar-refractivity contribution < 1.29 is 22.1 Å². The third-order valence-electron chi connectivity index (χ3n) is 5.67. The fourth-order valence-electron chi connectivity index (χ4n) is 3.73. The zero-order valence-electron chi connectivity index (χ0n) is 19.8. The molecule has 0 bridgehead atoms. The second-order valence-corrected chi connectivity index (χ2v) is 12.4. The predicted molar refractivity (Wildman–Crippen MR) is 135 cm³/mol. The van der Waals surface area contributed by atoms with Gasteiger partial charge in [-0.05, 0) is 57.0 Å². The van der Waals surface area contributed by atoms with Gasteiger partial charge in [-0.15, -0.1) is 0 Å². The molecule has 1 aromatic carbocycles. The lowest BCUT2D eigenvalue weighted by Gasteiger charge is -2.20. The molecule has 0 aliphatic rings. The Morgan fingerprint density at radius 1 is 1.08 bits per heavy atom. The van der Waals surface area contributed by atoms with Crippen molar-refractivity contribution >= 4 is 40.9 Å². The van der Waals surface area contributed by atoms with E-state index in [-0.39, 0.29) is 21.7 Å². The van der Waals surface area contributed by atoms with Crippen LogP contribution in [0.5, 0.6) is 0 Å². The van der Waals surface area contributed by atoms with Gasteiger partial charge in [0, 0.05) is 23.9 Å². The molecule has 0 spiro atoms. The standard InChI is InChI=1S/C25H22ClF4N4OP/c1-13(15-6-5-7-17(10-15)25(28,29)30)33-24-21(26)14(2)32-19-11-18(27)22(34-23(19)24)16-8-9-20(31-12-16)36(3,4)35/h5-13H,1-4H3,(H,32,33)/t13-/m1/s1. The zero-order valence-corrected chi connectivity index (χ0v) is 21.4. The van der Waals surface area contributed by atoms with Crippen LogP contribution in [0.3, 0.4) is 0 Å².